The predicted octanol–water partition coefficient (Wildman–Crippen LogP) is 2.00. The largest absolute Gasteiger partial charge is 0.300 e. The molecule has 0 aliphatic carbocycles. The van der Waals surface area contributed by atoms with Crippen LogP contribution in [0.3, 0.4) is 0 Å². The molecule has 1 saturated heterocycles. The summed E-state index contributed by atoms with van der Waals surface area (Å²) in [4.78, 5) is 2.41. The highest BCUT2D eigenvalue weighted by Gasteiger charge is 2.30. The summed E-state index contributed by atoms with van der Waals surface area (Å²) in [6.07, 6.45) is 2.47. The quantitative estimate of drug-likeness (QED) is 0.792. The van der Waals surface area contributed by atoms with Gasteiger partial charge in [-0.05, 0) is 44.8 Å². The van der Waals surface area contributed by atoms with Crippen molar-refractivity contribution in [3.8, 4) is 6.07 Å². The second-order valence-corrected chi connectivity index (χ2v) is 5.91. The van der Waals surface area contributed by atoms with Gasteiger partial charge in [0.15, 0.2) is 0 Å². The van der Waals surface area contributed by atoms with E-state index in [4.69, 9.17) is 0 Å². The molecule has 0 saturated carbocycles. The van der Waals surface area contributed by atoms with E-state index >= 15 is 0 Å². The Morgan fingerprint density at radius 1 is 1.38 bits per heavy atom. The number of hydrogen-bond donors (Lipinski definition) is 1. The van der Waals surface area contributed by atoms with Crippen molar-refractivity contribution < 1.29 is 0 Å². The molecule has 1 heterocycles. The van der Waals surface area contributed by atoms with Crippen LogP contribution in [0.2, 0.25) is 0 Å². The summed E-state index contributed by atoms with van der Waals surface area (Å²) in [6.45, 7) is 12.6. The average Bonchev–Trinajstić information content (AvgIpc) is 2.22. The van der Waals surface area contributed by atoms with Gasteiger partial charge in [0.1, 0.15) is 5.54 Å². The number of likely N-dealkylation sites (tertiary alicyclic amines) is 1. The third-order valence-corrected chi connectivity index (χ3v) is 3.56. The Kier molecular flexibility index (Phi) is 4.35. The van der Waals surface area contributed by atoms with Gasteiger partial charge in [-0.3, -0.25) is 5.32 Å². The van der Waals surface area contributed by atoms with Gasteiger partial charge in [0.25, 0.3) is 0 Å². The normalized spacial score (nSPS) is 24.7. The van der Waals surface area contributed by atoms with Gasteiger partial charge in [-0.25, -0.2) is 0 Å². The van der Waals surface area contributed by atoms with Crippen LogP contribution in [0.4, 0.5) is 0 Å². The van der Waals surface area contributed by atoms with Crippen LogP contribution in [0.25, 0.3) is 0 Å². The number of rotatable bonds is 4. The number of nitrogens with zero attached hydrogens (tertiary/aromatic N) is 2. The fraction of sp³-hybridized carbons (Fsp3) is 0.923. The SMILES string of the molecule is CCNC(C)(C#N)CN1CCC(C)(C)CC1. The summed E-state index contributed by atoms with van der Waals surface area (Å²) in [5.41, 5.74) is 0.0912. The maximum absolute atomic E-state index is 9.21. The minimum Gasteiger partial charge on any atom is -0.300 e. The second-order valence-electron chi connectivity index (χ2n) is 5.91. The van der Waals surface area contributed by atoms with Gasteiger partial charge in [-0.2, -0.15) is 5.26 Å². The lowest BCUT2D eigenvalue weighted by atomic mass is 9.82. The van der Waals surface area contributed by atoms with Crippen molar-refractivity contribution in [2.24, 2.45) is 5.41 Å². The first-order chi connectivity index (χ1) is 7.41. The molecule has 1 aliphatic rings. The zero-order valence-corrected chi connectivity index (χ0v) is 11.1. The Hall–Kier alpha value is -0.590. The first-order valence-electron chi connectivity index (χ1n) is 6.29. The fourth-order valence-corrected chi connectivity index (χ4v) is 2.28. The first-order valence-corrected chi connectivity index (χ1v) is 6.29. The van der Waals surface area contributed by atoms with E-state index in [1.807, 2.05) is 6.92 Å². The summed E-state index contributed by atoms with van der Waals surface area (Å²) >= 11 is 0. The van der Waals surface area contributed by atoms with Crippen molar-refractivity contribution >= 4 is 0 Å². The van der Waals surface area contributed by atoms with Crippen LogP contribution < -0.4 is 5.32 Å². The highest BCUT2D eigenvalue weighted by molar-refractivity contribution is 5.06. The van der Waals surface area contributed by atoms with Crippen LogP contribution >= 0.6 is 0 Å². The minimum absolute atomic E-state index is 0.393. The van der Waals surface area contributed by atoms with Crippen molar-refractivity contribution in [2.45, 2.75) is 46.1 Å². The third-order valence-electron chi connectivity index (χ3n) is 3.56. The predicted molar refractivity (Wildman–Crippen MR) is 67.1 cm³/mol. The third kappa shape index (κ3) is 3.77. The fourth-order valence-electron chi connectivity index (χ4n) is 2.28. The van der Waals surface area contributed by atoms with E-state index in [-0.39, 0.29) is 0 Å². The molecule has 0 amide bonds. The summed E-state index contributed by atoms with van der Waals surface area (Å²) in [6, 6.07) is 2.39. The summed E-state index contributed by atoms with van der Waals surface area (Å²) in [5, 5.41) is 12.5. The molecule has 0 radical (unpaired) electrons. The molecule has 16 heavy (non-hydrogen) atoms. The van der Waals surface area contributed by atoms with E-state index in [0.717, 1.165) is 26.2 Å². The Morgan fingerprint density at radius 3 is 2.38 bits per heavy atom. The van der Waals surface area contributed by atoms with E-state index in [2.05, 4.69) is 37.1 Å². The lowest BCUT2D eigenvalue weighted by Crippen LogP contribution is -2.52. The Balaban J connectivity index is 2.47. The van der Waals surface area contributed by atoms with E-state index in [0.29, 0.717) is 5.41 Å². The molecule has 1 aliphatic heterocycles. The van der Waals surface area contributed by atoms with Crippen molar-refractivity contribution in [1.82, 2.24) is 10.2 Å². The molecule has 0 bridgehead atoms. The number of nitrogens with one attached hydrogen (secondary N) is 1. The first kappa shape index (κ1) is 13.5. The van der Waals surface area contributed by atoms with Gasteiger partial charge in [0.05, 0.1) is 6.07 Å². The lowest BCUT2D eigenvalue weighted by Gasteiger charge is -2.39. The highest BCUT2D eigenvalue weighted by Crippen LogP contribution is 2.30. The Bertz CT molecular complexity index is 257. The van der Waals surface area contributed by atoms with Crippen molar-refractivity contribution in [3.63, 3.8) is 0 Å². The van der Waals surface area contributed by atoms with Crippen LogP contribution in [-0.2, 0) is 0 Å². The zero-order chi connectivity index (χ0) is 12.2. The van der Waals surface area contributed by atoms with E-state index in [1.54, 1.807) is 0 Å². The van der Waals surface area contributed by atoms with Gasteiger partial charge >= 0.3 is 0 Å². The molecule has 3 nitrogen and oxygen atoms in total. The van der Waals surface area contributed by atoms with E-state index in [9.17, 15) is 5.26 Å². The molecule has 92 valence electrons. The van der Waals surface area contributed by atoms with Gasteiger partial charge in [0, 0.05) is 6.54 Å². The number of hydrogen-bond acceptors (Lipinski definition) is 3. The Morgan fingerprint density at radius 2 is 1.94 bits per heavy atom. The maximum Gasteiger partial charge on any atom is 0.116 e. The standard InChI is InChI=1S/C13H25N3/c1-5-15-13(4,10-14)11-16-8-6-12(2,3)7-9-16/h15H,5-9,11H2,1-4H3. The molecule has 1 fully saturated rings. The van der Waals surface area contributed by atoms with Crippen LogP contribution in [0, 0.1) is 16.7 Å². The average molecular weight is 223 g/mol. The van der Waals surface area contributed by atoms with Crippen molar-refractivity contribution in [2.75, 3.05) is 26.2 Å². The topological polar surface area (TPSA) is 39.1 Å². The lowest BCUT2D eigenvalue weighted by molar-refractivity contribution is 0.114. The summed E-state index contributed by atoms with van der Waals surface area (Å²) < 4.78 is 0. The van der Waals surface area contributed by atoms with Crippen molar-refractivity contribution in [3.05, 3.63) is 0 Å². The number of likely N-dealkylation sites (N-methyl/N-ethyl adjacent to an activating group) is 1. The summed E-state index contributed by atoms with van der Waals surface area (Å²) in [5.74, 6) is 0. The highest BCUT2D eigenvalue weighted by atomic mass is 15.2. The van der Waals surface area contributed by atoms with Crippen LogP contribution in [0.5, 0.6) is 0 Å². The number of piperidine rings is 1. The van der Waals surface area contributed by atoms with Gasteiger partial charge in [-0.1, -0.05) is 20.8 Å². The zero-order valence-electron chi connectivity index (χ0n) is 11.1. The smallest absolute Gasteiger partial charge is 0.116 e. The van der Waals surface area contributed by atoms with Gasteiger partial charge in [-0.15, -0.1) is 0 Å². The molecule has 1 atom stereocenters. The molecular formula is C13H25N3. The van der Waals surface area contributed by atoms with Crippen LogP contribution in [-0.4, -0.2) is 36.6 Å². The van der Waals surface area contributed by atoms with Gasteiger partial charge in [0.2, 0.25) is 0 Å². The van der Waals surface area contributed by atoms with Crippen LogP contribution in [0.15, 0.2) is 0 Å². The molecule has 0 aromatic rings. The monoisotopic (exact) mass is 223 g/mol. The van der Waals surface area contributed by atoms with Gasteiger partial charge < -0.3 is 4.90 Å². The maximum atomic E-state index is 9.21. The molecule has 0 aromatic heterocycles. The molecule has 0 spiro atoms. The summed E-state index contributed by atoms with van der Waals surface area (Å²) in [7, 11) is 0. The molecule has 1 rings (SSSR count). The molecule has 1 N–H and O–H groups in total. The van der Waals surface area contributed by atoms with E-state index < -0.39 is 5.54 Å². The number of nitriles is 1. The molecular weight excluding hydrogens is 198 g/mol. The second kappa shape index (κ2) is 5.16. The molecule has 0 aromatic carbocycles. The Labute approximate surface area is 99.8 Å². The minimum atomic E-state index is -0.393. The molecule has 1 unspecified atom stereocenters. The van der Waals surface area contributed by atoms with Crippen LogP contribution in [0.1, 0.15) is 40.5 Å². The van der Waals surface area contributed by atoms with E-state index in [1.165, 1.54) is 12.8 Å². The molecule has 3 heteroatoms. The van der Waals surface area contributed by atoms with Crippen molar-refractivity contribution in [1.29, 1.82) is 5.26 Å².